The molecular weight excluding hydrogens is 991 g/mol. The number of hydrogen-bond donors (Lipinski definition) is 12. The third kappa shape index (κ3) is 12.3. The van der Waals surface area contributed by atoms with Gasteiger partial charge in [-0.1, -0.05) is 27.2 Å². The van der Waals surface area contributed by atoms with Crippen molar-refractivity contribution in [3.63, 3.8) is 0 Å². The molecule has 65 heavy (non-hydrogen) atoms. The summed E-state index contributed by atoms with van der Waals surface area (Å²) in [6.07, 6.45) is -4.34. The Kier molecular flexibility index (Phi) is 17.4. The minimum atomic E-state index is -2.34. The average molecular weight is 1040 g/mol. The molecule has 5 rings (SSSR count). The summed E-state index contributed by atoms with van der Waals surface area (Å²) in [6.45, 7) is 1.84. The lowest BCUT2D eigenvalue weighted by atomic mass is 9.93. The van der Waals surface area contributed by atoms with Crippen molar-refractivity contribution in [1.82, 2.24) is 47.1 Å². The van der Waals surface area contributed by atoms with Crippen molar-refractivity contribution in [1.29, 1.82) is 0 Å². The van der Waals surface area contributed by atoms with E-state index in [0.717, 1.165) is 4.90 Å². The van der Waals surface area contributed by atoms with Crippen LogP contribution in [0.1, 0.15) is 45.6 Å². The Bertz CT molecular complexity index is 2180. The third-order valence-electron chi connectivity index (χ3n) is 11.6. The molecule has 0 spiro atoms. The fourth-order valence-electron chi connectivity index (χ4n) is 7.74. The average Bonchev–Trinajstić information content (AvgIpc) is 3.85. The molecule has 0 radical (unpaired) electrons. The van der Waals surface area contributed by atoms with Crippen LogP contribution >= 0.6 is 23.0 Å². The zero-order valence-electron chi connectivity index (χ0n) is 35.5. The first-order valence-electron chi connectivity index (χ1n) is 20.7. The normalized spacial score (nSPS) is 28.2. The number of hydrogen-bond acceptors (Lipinski definition) is 14. The van der Waals surface area contributed by atoms with Crippen LogP contribution in [0, 0.1) is 11.8 Å². The SMILES string of the molecule is CC[C@H](C)C1NC(=O)CNC(=O)[C@@H]2Cc3c([nH]c4cc(OI)ccc34)[S+]([O-])C[C@H](NC(=O)CNC1=O)C(=O)N[C@@H](CC(N)=O)C(=O)N1C[C@H](O)C[C@H]1C(=O)N[C@@H]([C@@H](C)[C@@H](O)CO)C(=O)N2. The molecule has 0 aliphatic carbocycles. The summed E-state index contributed by atoms with van der Waals surface area (Å²) >= 11 is -0.705. The molecule has 356 valence electrons. The topological polar surface area (TPSA) is 376 Å². The molecule has 13 N–H and O–H groups in total. The molecule has 3 aliphatic heterocycles. The molecule has 2 bridgehead atoms. The van der Waals surface area contributed by atoms with Gasteiger partial charge in [-0.05, 0) is 18.1 Å². The molecule has 26 heteroatoms. The second kappa shape index (κ2) is 22.3. The Morgan fingerprint density at radius 1 is 0.923 bits per heavy atom. The lowest BCUT2D eigenvalue weighted by Crippen LogP contribution is -2.62. The minimum Gasteiger partial charge on any atom is -0.610 e. The number of nitrogens with zero attached hydrogens (tertiary/aromatic N) is 1. The van der Waals surface area contributed by atoms with Gasteiger partial charge in [0.15, 0.2) is 29.0 Å². The third-order valence-corrected chi connectivity index (χ3v) is 13.6. The summed E-state index contributed by atoms with van der Waals surface area (Å²) < 4.78 is 20.0. The molecule has 4 heterocycles. The van der Waals surface area contributed by atoms with E-state index in [4.69, 9.17) is 8.80 Å². The summed E-state index contributed by atoms with van der Waals surface area (Å²) in [4.78, 5) is 128. The Morgan fingerprint density at radius 3 is 2.25 bits per heavy atom. The quantitative estimate of drug-likeness (QED) is 0.0872. The zero-order valence-corrected chi connectivity index (χ0v) is 38.5. The largest absolute Gasteiger partial charge is 0.610 e. The number of carbonyl (C=O) groups excluding carboxylic acids is 9. The number of rotatable bonds is 8. The number of aromatic nitrogens is 1. The van der Waals surface area contributed by atoms with E-state index in [-0.39, 0.29) is 10.6 Å². The van der Waals surface area contributed by atoms with Crippen LogP contribution in [0.2, 0.25) is 0 Å². The highest BCUT2D eigenvalue weighted by Crippen LogP contribution is 2.32. The van der Waals surface area contributed by atoms with Gasteiger partial charge in [-0.15, -0.1) is 0 Å². The Hall–Kier alpha value is -5.29. The van der Waals surface area contributed by atoms with Gasteiger partial charge < -0.3 is 75.8 Å². The maximum absolute atomic E-state index is 14.7. The van der Waals surface area contributed by atoms with E-state index in [9.17, 15) is 63.0 Å². The monoisotopic (exact) mass is 1040 g/mol. The maximum atomic E-state index is 14.7. The van der Waals surface area contributed by atoms with E-state index in [1.165, 1.54) is 13.0 Å². The first kappa shape index (κ1) is 50.7. The van der Waals surface area contributed by atoms with Gasteiger partial charge in [-0.3, -0.25) is 43.2 Å². The Labute approximate surface area is 388 Å². The van der Waals surface area contributed by atoms with E-state index in [1.807, 2.05) is 0 Å². The first-order chi connectivity index (χ1) is 30.8. The molecule has 2 aromatic rings. The number of fused-ring (bicyclic) bond motifs is 5. The van der Waals surface area contributed by atoms with Gasteiger partial charge in [0.1, 0.15) is 41.7 Å². The standard InChI is InChI=1S/C39H53IN10O14S/c1-4-16(2)31-36(60)43-11-29(55)44-25-15-65(63)38-21(20-6-5-19(64-40)8-22(20)47-38)9-23(33(57)42-12-30(56)48-31)45-37(61)32(17(3)27(53)14-51)49-35(59)26-7-18(52)13-50(26)39(62)24(10-28(41)54)46-34(25)58/h5-6,8,16-18,23-27,31-32,47,51-53H,4,7,9-15H2,1-3H3,(H2,41,54)(H,42,57)(H,43,60)(H,44,55)(H,45,61)(H,46,58)(H,48,56)(H,49,59)/t16-,17-,18+,23-,24-,25-,26-,27-,31?,32-,65?/m0/s1. The van der Waals surface area contributed by atoms with Crippen molar-refractivity contribution in [2.45, 2.75) is 99.9 Å². The number of benzene rings is 1. The lowest BCUT2D eigenvalue weighted by Gasteiger charge is -2.32. The Morgan fingerprint density at radius 2 is 1.60 bits per heavy atom. The van der Waals surface area contributed by atoms with Crippen molar-refractivity contribution in [3.8, 4) is 5.75 Å². The van der Waals surface area contributed by atoms with E-state index in [0.29, 0.717) is 23.1 Å². The predicted molar refractivity (Wildman–Crippen MR) is 235 cm³/mol. The van der Waals surface area contributed by atoms with E-state index in [2.05, 4.69) is 42.2 Å². The van der Waals surface area contributed by atoms with Crippen molar-refractivity contribution in [2.75, 3.05) is 32.0 Å². The van der Waals surface area contributed by atoms with Gasteiger partial charge in [-0.2, -0.15) is 0 Å². The van der Waals surface area contributed by atoms with Gasteiger partial charge in [0.25, 0.3) is 0 Å². The highest BCUT2D eigenvalue weighted by Gasteiger charge is 2.45. The van der Waals surface area contributed by atoms with Crippen LogP contribution in [0.5, 0.6) is 5.75 Å². The van der Waals surface area contributed by atoms with Crippen LogP contribution in [-0.4, -0.2) is 163 Å². The molecule has 11 atom stereocenters. The number of H-pyrrole nitrogens is 1. The lowest BCUT2D eigenvalue weighted by molar-refractivity contribution is -0.144. The van der Waals surface area contributed by atoms with Crippen LogP contribution in [0.15, 0.2) is 23.2 Å². The van der Waals surface area contributed by atoms with Crippen LogP contribution in [0.4, 0.5) is 0 Å². The molecule has 9 amide bonds. The van der Waals surface area contributed by atoms with Crippen molar-refractivity contribution < 1.29 is 66.1 Å². The number of primary amides is 1. The zero-order chi connectivity index (χ0) is 47.9. The van der Waals surface area contributed by atoms with Crippen LogP contribution < -0.4 is 46.0 Å². The van der Waals surface area contributed by atoms with Crippen molar-refractivity contribution in [3.05, 3.63) is 23.8 Å². The first-order valence-corrected chi connectivity index (χ1v) is 22.9. The van der Waals surface area contributed by atoms with Crippen molar-refractivity contribution in [2.24, 2.45) is 17.6 Å². The molecule has 3 aliphatic rings. The summed E-state index contributed by atoms with van der Waals surface area (Å²) in [6, 6.07) is -5.20. The smallest absolute Gasteiger partial charge is 0.248 e. The highest BCUT2D eigenvalue weighted by atomic mass is 127. The number of aliphatic hydroxyl groups is 3. The molecule has 1 aromatic heterocycles. The van der Waals surface area contributed by atoms with Crippen LogP contribution in [0.3, 0.4) is 0 Å². The molecule has 1 fully saturated rings. The summed E-state index contributed by atoms with van der Waals surface area (Å²) in [5, 5.41) is 48.8. The second-order valence-corrected chi connectivity index (χ2v) is 18.1. The van der Waals surface area contributed by atoms with Gasteiger partial charge in [-0.25, -0.2) is 0 Å². The summed E-state index contributed by atoms with van der Waals surface area (Å²) in [5.74, 6) is -11.3. The fourth-order valence-corrected chi connectivity index (χ4v) is 9.41. The molecule has 1 aromatic carbocycles. The van der Waals surface area contributed by atoms with Crippen molar-refractivity contribution >= 4 is 98.2 Å². The maximum Gasteiger partial charge on any atom is 0.248 e. The highest BCUT2D eigenvalue weighted by molar-refractivity contribution is 14.1. The number of aromatic amines is 1. The van der Waals surface area contributed by atoms with Gasteiger partial charge in [0, 0.05) is 53.5 Å². The summed E-state index contributed by atoms with van der Waals surface area (Å²) in [7, 11) is 0. The second-order valence-electron chi connectivity index (χ2n) is 16.2. The van der Waals surface area contributed by atoms with Crippen LogP contribution in [-0.2, 0) is 60.7 Å². The molecule has 1 saturated heterocycles. The minimum absolute atomic E-state index is 0.109. The fraction of sp³-hybridized carbons (Fsp3) is 0.564. The number of nitrogens with two attached hydrogens (primary N) is 1. The molecule has 0 saturated carbocycles. The number of carbonyl (C=O) groups is 9. The van der Waals surface area contributed by atoms with Gasteiger partial charge >= 0.3 is 0 Å². The van der Waals surface area contributed by atoms with E-state index < -0.39 is 176 Å². The van der Waals surface area contributed by atoms with Gasteiger partial charge in [0.05, 0.1) is 43.8 Å². The number of aliphatic hydroxyl groups excluding tert-OH is 3. The van der Waals surface area contributed by atoms with E-state index in [1.54, 1.807) is 49.0 Å². The molecular formula is C39H53IN10O14S. The summed E-state index contributed by atoms with van der Waals surface area (Å²) in [5.41, 5.74) is 5.94. The number of amides is 9. The number of nitrogens with one attached hydrogen (secondary N) is 8. The van der Waals surface area contributed by atoms with E-state index >= 15 is 0 Å². The number of halogens is 1. The predicted octanol–water partition coefficient (Wildman–Crippen LogP) is -4.90. The Balaban J connectivity index is 1.74. The van der Waals surface area contributed by atoms with Crippen LogP contribution in [0.25, 0.3) is 10.9 Å². The molecule has 24 nitrogen and oxygen atoms in total. The van der Waals surface area contributed by atoms with Gasteiger partial charge in [0.2, 0.25) is 58.2 Å². The molecule has 2 unspecified atom stereocenters.